The van der Waals surface area contributed by atoms with E-state index in [0.29, 0.717) is 14.2 Å². The third kappa shape index (κ3) is 4.45. The summed E-state index contributed by atoms with van der Waals surface area (Å²) in [7, 11) is -0.852. The van der Waals surface area contributed by atoms with Gasteiger partial charge in [-0.2, -0.15) is 39.5 Å². The molecule has 0 saturated carbocycles. The van der Waals surface area contributed by atoms with E-state index in [1.54, 1.807) is 0 Å². The largest absolute Gasteiger partial charge is 0.639 e. The smallest absolute Gasteiger partial charge is 0.389 e. The molecule has 2 unspecified atom stereocenters. The second-order valence-corrected chi connectivity index (χ2v) is 4.50. The molecule has 0 aliphatic carbocycles. The molecule has 0 rings (SSSR count). The van der Waals surface area contributed by atoms with Crippen molar-refractivity contribution < 1.29 is 66.6 Å². The van der Waals surface area contributed by atoms with Crippen LogP contribution in [0.25, 0.3) is 0 Å². The van der Waals surface area contributed by atoms with Crippen molar-refractivity contribution >= 4 is 7.32 Å². The Balaban J connectivity index is 6.11. The van der Waals surface area contributed by atoms with Crippen LogP contribution in [0, 0.1) is 0 Å². The van der Waals surface area contributed by atoms with Crippen LogP contribution < -0.4 is 0 Å². The highest BCUT2D eigenvalue weighted by molar-refractivity contribution is 6.36. The number of halogens is 12. The molecule has 2 atom stereocenters. The first-order valence-electron chi connectivity index (χ1n) is 5.79. The number of hydrogen-bond donors (Lipinski definition) is 0. The van der Waals surface area contributed by atoms with Crippen molar-refractivity contribution in [3.05, 3.63) is 0 Å². The Hall–Kier alpha value is -0.895. The van der Waals surface area contributed by atoms with Crippen LogP contribution >= 0.6 is 0 Å². The van der Waals surface area contributed by atoms with Crippen molar-refractivity contribution in [2.75, 3.05) is 20.8 Å². The number of hydrogen-bond acceptors (Lipinski definition) is 3. The van der Waals surface area contributed by atoms with Crippen molar-refractivity contribution in [3.63, 3.8) is 0 Å². The van der Waals surface area contributed by atoms with Crippen LogP contribution in [0.1, 0.15) is 0 Å². The van der Waals surface area contributed by atoms with E-state index in [1.807, 2.05) is 0 Å². The van der Waals surface area contributed by atoms with Crippen molar-refractivity contribution in [1.82, 2.24) is 0 Å². The van der Waals surface area contributed by atoms with Crippen molar-refractivity contribution in [2.24, 2.45) is 0 Å². The quantitative estimate of drug-likeness (QED) is 0.479. The molecule has 0 aromatic heterocycles. The van der Waals surface area contributed by atoms with Gasteiger partial charge in [-0.25, -0.2) is 13.2 Å². The predicted octanol–water partition coefficient (Wildman–Crippen LogP) is 3.72. The zero-order chi connectivity index (χ0) is 20.5. The van der Waals surface area contributed by atoms with Gasteiger partial charge in [0, 0.05) is 14.2 Å². The topological polar surface area (TPSA) is 27.7 Å². The molecule has 0 radical (unpaired) electrons. The van der Waals surface area contributed by atoms with E-state index in [1.165, 1.54) is 0 Å². The van der Waals surface area contributed by atoms with Gasteiger partial charge in [0.05, 0.1) is 6.61 Å². The molecule has 0 fully saturated rings. The fourth-order valence-electron chi connectivity index (χ4n) is 1.48. The van der Waals surface area contributed by atoms with Crippen LogP contribution in [-0.4, -0.2) is 64.2 Å². The summed E-state index contributed by atoms with van der Waals surface area (Å²) in [6.45, 7) is -2.82. The van der Waals surface area contributed by atoms with Crippen LogP contribution in [0.3, 0.4) is 0 Å². The summed E-state index contributed by atoms with van der Waals surface area (Å²) in [6.07, 6.45) is -27.0. The predicted molar refractivity (Wildman–Crippen MR) is 56.5 cm³/mol. The van der Waals surface area contributed by atoms with E-state index in [0.717, 1.165) is 0 Å². The molecule has 16 heteroatoms. The maximum absolute atomic E-state index is 13.9. The maximum Gasteiger partial charge on any atom is 0.639 e. The first kappa shape index (κ1) is 24.1. The second kappa shape index (κ2) is 7.38. The zero-order valence-corrected chi connectivity index (χ0v) is 12.1. The van der Waals surface area contributed by atoms with Gasteiger partial charge in [-0.05, 0) is 0 Å². The molecule has 0 spiro atoms. The Morgan fingerprint density at radius 1 is 0.720 bits per heavy atom. The summed E-state index contributed by atoms with van der Waals surface area (Å²) in [5.74, 6) is 0. The molecule has 3 nitrogen and oxygen atoms in total. The molecule has 0 bridgehead atoms. The number of alkyl halides is 12. The van der Waals surface area contributed by atoms with Gasteiger partial charge in [0.2, 0.25) is 0 Å². The summed E-state index contributed by atoms with van der Waals surface area (Å²) >= 11 is 0. The molecule has 0 aliphatic heterocycles. The van der Waals surface area contributed by atoms with Crippen molar-refractivity contribution in [3.8, 4) is 0 Å². The minimum atomic E-state index is -7.25. The maximum atomic E-state index is 13.9. The molecular formula is C9H9BF12O3. The highest BCUT2D eigenvalue weighted by Gasteiger charge is 2.84. The van der Waals surface area contributed by atoms with E-state index in [2.05, 4.69) is 14.0 Å². The average molecular weight is 404 g/mol. The molecule has 0 aliphatic rings. The van der Waals surface area contributed by atoms with Gasteiger partial charge in [0.1, 0.15) is 0 Å². The fraction of sp³-hybridized carbons (Fsp3) is 1.00. The van der Waals surface area contributed by atoms with Gasteiger partial charge in [0.15, 0.2) is 6.17 Å². The molecule has 0 N–H and O–H groups in total. The third-order valence-corrected chi connectivity index (χ3v) is 2.86. The van der Waals surface area contributed by atoms with E-state index < -0.39 is 50.0 Å². The van der Waals surface area contributed by atoms with Gasteiger partial charge < -0.3 is 14.0 Å². The minimum Gasteiger partial charge on any atom is -0.389 e. The monoisotopic (exact) mass is 404 g/mol. The lowest BCUT2D eigenvalue weighted by atomic mass is 9.85. The van der Waals surface area contributed by atoms with Crippen LogP contribution in [0.2, 0.25) is 0 Å². The lowest BCUT2D eigenvalue weighted by Gasteiger charge is -2.39. The van der Waals surface area contributed by atoms with Crippen molar-refractivity contribution in [2.45, 2.75) is 36.0 Å². The Labute approximate surface area is 132 Å². The average Bonchev–Trinajstić information content (AvgIpc) is 2.42. The van der Waals surface area contributed by atoms with Gasteiger partial charge in [0.25, 0.3) is 5.67 Å². The highest BCUT2D eigenvalue weighted by Crippen LogP contribution is 2.55. The molecular weight excluding hydrogens is 395 g/mol. The Kier molecular flexibility index (Phi) is 7.12. The highest BCUT2D eigenvalue weighted by atomic mass is 19.4. The van der Waals surface area contributed by atoms with Crippen LogP contribution in [-0.2, 0) is 14.0 Å². The standard InChI is InChI=1S/C9H9BF12O3/c1-23-10(24-2)25-3-5(12,7(14,15)16)4(11)6(13,8(17,18)19)9(20,21)22/h4H,3H2,1-2H3. The molecule has 0 saturated heterocycles. The summed E-state index contributed by atoms with van der Waals surface area (Å²) in [6, 6.07) is 0. The van der Waals surface area contributed by atoms with Crippen LogP contribution in [0.5, 0.6) is 0 Å². The van der Waals surface area contributed by atoms with Gasteiger partial charge in [-0.15, -0.1) is 0 Å². The molecule has 0 aromatic rings. The van der Waals surface area contributed by atoms with Crippen LogP contribution in [0.15, 0.2) is 0 Å². The summed E-state index contributed by atoms with van der Waals surface area (Å²) < 4.78 is 165. The Morgan fingerprint density at radius 2 is 1.08 bits per heavy atom. The molecule has 150 valence electrons. The Bertz CT molecular complexity index is 417. The normalized spacial score (nSPS) is 18.0. The van der Waals surface area contributed by atoms with Gasteiger partial charge in [-0.1, -0.05) is 0 Å². The number of rotatable bonds is 7. The molecule has 0 aromatic carbocycles. The Morgan fingerprint density at radius 3 is 1.32 bits per heavy atom. The fourth-order valence-corrected chi connectivity index (χ4v) is 1.48. The van der Waals surface area contributed by atoms with Crippen LogP contribution in [0.4, 0.5) is 52.7 Å². The summed E-state index contributed by atoms with van der Waals surface area (Å²) in [4.78, 5) is 0. The zero-order valence-electron chi connectivity index (χ0n) is 12.1. The van der Waals surface area contributed by atoms with E-state index in [9.17, 15) is 52.7 Å². The summed E-state index contributed by atoms with van der Waals surface area (Å²) in [5, 5.41) is 0. The lowest BCUT2D eigenvalue weighted by molar-refractivity contribution is -0.384. The van der Waals surface area contributed by atoms with Gasteiger partial charge >= 0.3 is 31.5 Å². The second-order valence-electron chi connectivity index (χ2n) is 4.50. The lowest BCUT2D eigenvalue weighted by Crippen LogP contribution is -2.69. The minimum absolute atomic E-state index is 0.680. The van der Waals surface area contributed by atoms with Gasteiger partial charge in [-0.3, -0.25) is 0 Å². The third-order valence-electron chi connectivity index (χ3n) is 2.86. The summed E-state index contributed by atoms with van der Waals surface area (Å²) in [5.41, 5.74) is -13.2. The molecule has 0 amide bonds. The molecule has 25 heavy (non-hydrogen) atoms. The van der Waals surface area contributed by atoms with E-state index in [4.69, 9.17) is 0 Å². The van der Waals surface area contributed by atoms with E-state index in [-0.39, 0.29) is 0 Å². The molecule has 0 heterocycles. The SMILES string of the molecule is COB(OC)OCC(F)(C(F)C(F)(C(F)(F)F)C(F)(F)F)C(F)(F)F. The first-order chi connectivity index (χ1) is 10.9. The van der Waals surface area contributed by atoms with E-state index >= 15 is 0 Å². The first-order valence-corrected chi connectivity index (χ1v) is 5.79. The van der Waals surface area contributed by atoms with Crippen molar-refractivity contribution in [1.29, 1.82) is 0 Å².